The van der Waals surface area contributed by atoms with Crippen molar-refractivity contribution < 1.29 is 27.4 Å². The fourth-order valence-electron chi connectivity index (χ4n) is 2.02. The fraction of sp³-hybridized carbons (Fsp3) is 0.188. The molecule has 0 saturated heterocycles. The number of hydrogen-bond donors (Lipinski definition) is 1. The summed E-state index contributed by atoms with van der Waals surface area (Å²) < 4.78 is 46.0. The smallest absolute Gasteiger partial charge is 0.465 e. The molecule has 130 valence electrons. The summed E-state index contributed by atoms with van der Waals surface area (Å²) in [5.41, 5.74) is 7.24. The van der Waals surface area contributed by atoms with Gasteiger partial charge in [-0.15, -0.1) is 25.6 Å². The molecule has 0 radical (unpaired) electrons. The van der Waals surface area contributed by atoms with Gasteiger partial charge in [-0.1, -0.05) is 30.3 Å². The van der Waals surface area contributed by atoms with Gasteiger partial charge in [-0.3, -0.25) is 0 Å². The van der Waals surface area contributed by atoms with E-state index in [1.54, 1.807) is 24.3 Å². The van der Waals surface area contributed by atoms with E-state index < -0.39 is 18.1 Å². The maximum atomic E-state index is 12.5. The number of halogens is 4. The molecule has 0 aromatic heterocycles. The highest BCUT2D eigenvalue weighted by atomic mass is 35.5. The summed E-state index contributed by atoms with van der Waals surface area (Å²) in [6, 6.07) is 10.9. The van der Waals surface area contributed by atoms with Crippen molar-refractivity contribution >= 4 is 18.4 Å². The molecule has 2 aromatic rings. The van der Waals surface area contributed by atoms with Crippen molar-refractivity contribution in [1.82, 2.24) is 0 Å². The van der Waals surface area contributed by atoms with Gasteiger partial charge in [0.25, 0.3) is 0 Å². The number of esters is 1. The zero-order chi connectivity index (χ0) is 17.0. The lowest BCUT2D eigenvalue weighted by molar-refractivity contribution is -0.274. The standard InChI is InChI=1S/C16H14F3NO3.ClH/c1-22-15(21)13-7-6-12(8-14(13)23-16(17,18)19)11-4-2-10(9-20)3-5-11;/h2-8H,9,20H2,1H3;1H. The summed E-state index contributed by atoms with van der Waals surface area (Å²) in [6.45, 7) is 0.365. The highest BCUT2D eigenvalue weighted by molar-refractivity contribution is 5.93. The molecule has 8 heteroatoms. The van der Waals surface area contributed by atoms with E-state index in [1.807, 2.05) is 0 Å². The SMILES string of the molecule is COC(=O)c1ccc(-c2ccc(CN)cc2)cc1OC(F)(F)F.Cl. The highest BCUT2D eigenvalue weighted by Crippen LogP contribution is 2.32. The van der Waals surface area contributed by atoms with Gasteiger partial charge in [-0.25, -0.2) is 4.79 Å². The Kier molecular flexibility index (Phi) is 6.62. The third kappa shape index (κ3) is 4.87. The normalized spacial score (nSPS) is 10.7. The van der Waals surface area contributed by atoms with Crippen molar-refractivity contribution in [2.45, 2.75) is 12.9 Å². The maximum absolute atomic E-state index is 12.5. The fourth-order valence-corrected chi connectivity index (χ4v) is 2.02. The Morgan fingerprint density at radius 3 is 2.17 bits per heavy atom. The number of rotatable bonds is 4. The molecule has 0 aliphatic carbocycles. The number of methoxy groups -OCH3 is 1. The van der Waals surface area contributed by atoms with Crippen molar-refractivity contribution in [2.75, 3.05) is 7.11 Å². The van der Waals surface area contributed by atoms with Crippen LogP contribution in [0.15, 0.2) is 42.5 Å². The summed E-state index contributed by atoms with van der Waals surface area (Å²) in [6.07, 6.45) is -4.91. The first-order valence-electron chi connectivity index (χ1n) is 6.61. The molecular formula is C16H15ClF3NO3. The Labute approximate surface area is 142 Å². The van der Waals surface area contributed by atoms with Crippen molar-refractivity contribution in [2.24, 2.45) is 5.73 Å². The molecule has 0 fully saturated rings. The maximum Gasteiger partial charge on any atom is 0.573 e. The minimum atomic E-state index is -4.91. The van der Waals surface area contributed by atoms with Gasteiger partial charge in [0, 0.05) is 6.54 Å². The molecule has 0 unspecified atom stereocenters. The summed E-state index contributed by atoms with van der Waals surface area (Å²) in [4.78, 5) is 11.6. The van der Waals surface area contributed by atoms with E-state index in [1.165, 1.54) is 12.1 Å². The number of nitrogens with two attached hydrogens (primary N) is 1. The van der Waals surface area contributed by atoms with Crippen LogP contribution in [0.3, 0.4) is 0 Å². The van der Waals surface area contributed by atoms with Crippen molar-refractivity contribution in [3.63, 3.8) is 0 Å². The number of hydrogen-bond acceptors (Lipinski definition) is 4. The van der Waals surface area contributed by atoms with Crippen LogP contribution < -0.4 is 10.5 Å². The minimum absolute atomic E-state index is 0. The monoisotopic (exact) mass is 361 g/mol. The first-order valence-corrected chi connectivity index (χ1v) is 6.61. The van der Waals surface area contributed by atoms with Crippen LogP contribution in [0.4, 0.5) is 13.2 Å². The zero-order valence-electron chi connectivity index (χ0n) is 12.6. The van der Waals surface area contributed by atoms with E-state index in [-0.39, 0.29) is 18.0 Å². The minimum Gasteiger partial charge on any atom is -0.465 e. The lowest BCUT2D eigenvalue weighted by atomic mass is 10.0. The Hall–Kier alpha value is -2.25. The Morgan fingerprint density at radius 2 is 1.67 bits per heavy atom. The molecule has 0 amide bonds. The second-order valence-electron chi connectivity index (χ2n) is 4.65. The second-order valence-corrected chi connectivity index (χ2v) is 4.65. The van der Waals surface area contributed by atoms with Gasteiger partial charge in [-0.05, 0) is 28.8 Å². The zero-order valence-corrected chi connectivity index (χ0v) is 13.4. The first kappa shape index (κ1) is 19.8. The molecular weight excluding hydrogens is 347 g/mol. The molecule has 0 heterocycles. The van der Waals surface area contributed by atoms with Crippen LogP contribution in [0.5, 0.6) is 5.75 Å². The third-order valence-electron chi connectivity index (χ3n) is 3.14. The van der Waals surface area contributed by atoms with Gasteiger partial charge in [0.1, 0.15) is 11.3 Å². The van der Waals surface area contributed by atoms with Crippen LogP contribution in [0.2, 0.25) is 0 Å². The molecule has 0 atom stereocenters. The topological polar surface area (TPSA) is 61.5 Å². The van der Waals surface area contributed by atoms with Gasteiger partial charge < -0.3 is 15.2 Å². The van der Waals surface area contributed by atoms with Gasteiger partial charge in [0.2, 0.25) is 0 Å². The molecule has 0 aliphatic rings. The van der Waals surface area contributed by atoms with E-state index in [0.29, 0.717) is 17.7 Å². The summed E-state index contributed by atoms with van der Waals surface area (Å²) >= 11 is 0. The van der Waals surface area contributed by atoms with Crippen LogP contribution in [-0.4, -0.2) is 19.4 Å². The van der Waals surface area contributed by atoms with Crippen LogP contribution in [0.1, 0.15) is 15.9 Å². The molecule has 0 aliphatic heterocycles. The van der Waals surface area contributed by atoms with Gasteiger partial charge in [0.05, 0.1) is 7.11 Å². The molecule has 0 spiro atoms. The number of ether oxygens (including phenoxy) is 2. The van der Waals surface area contributed by atoms with E-state index in [0.717, 1.165) is 18.7 Å². The summed E-state index contributed by atoms with van der Waals surface area (Å²) in [7, 11) is 1.08. The first-order chi connectivity index (χ1) is 10.8. The second kappa shape index (κ2) is 8.03. The van der Waals surface area contributed by atoms with E-state index >= 15 is 0 Å². The number of carbonyl (C=O) groups is 1. The molecule has 2 aromatic carbocycles. The highest BCUT2D eigenvalue weighted by Gasteiger charge is 2.33. The quantitative estimate of drug-likeness (QED) is 0.838. The van der Waals surface area contributed by atoms with Gasteiger partial charge in [0.15, 0.2) is 0 Å². The van der Waals surface area contributed by atoms with E-state index in [4.69, 9.17) is 5.73 Å². The van der Waals surface area contributed by atoms with Crippen molar-refractivity contribution in [3.05, 3.63) is 53.6 Å². The average molecular weight is 362 g/mol. The van der Waals surface area contributed by atoms with Gasteiger partial charge in [-0.2, -0.15) is 0 Å². The molecule has 2 N–H and O–H groups in total. The van der Waals surface area contributed by atoms with Crippen molar-refractivity contribution in [3.8, 4) is 16.9 Å². The van der Waals surface area contributed by atoms with E-state index in [9.17, 15) is 18.0 Å². The van der Waals surface area contributed by atoms with Gasteiger partial charge >= 0.3 is 12.3 Å². The van der Waals surface area contributed by atoms with E-state index in [2.05, 4.69) is 9.47 Å². The molecule has 4 nitrogen and oxygen atoms in total. The largest absolute Gasteiger partial charge is 0.573 e. The molecule has 0 bridgehead atoms. The predicted molar refractivity (Wildman–Crippen MR) is 85.0 cm³/mol. The third-order valence-corrected chi connectivity index (χ3v) is 3.14. The lowest BCUT2D eigenvalue weighted by Gasteiger charge is -2.14. The predicted octanol–water partition coefficient (Wildman–Crippen LogP) is 3.92. The molecule has 2 rings (SSSR count). The molecule has 0 saturated carbocycles. The summed E-state index contributed by atoms with van der Waals surface area (Å²) in [5.74, 6) is -1.51. The Morgan fingerprint density at radius 1 is 1.08 bits per heavy atom. The van der Waals surface area contributed by atoms with Crippen LogP contribution in [0, 0.1) is 0 Å². The number of alkyl halides is 3. The summed E-state index contributed by atoms with van der Waals surface area (Å²) in [5, 5.41) is 0. The molecule has 24 heavy (non-hydrogen) atoms. The van der Waals surface area contributed by atoms with Crippen molar-refractivity contribution in [1.29, 1.82) is 0 Å². The Bertz CT molecular complexity index is 703. The lowest BCUT2D eigenvalue weighted by Crippen LogP contribution is -2.19. The number of carbonyl (C=O) groups excluding carboxylic acids is 1. The van der Waals surface area contributed by atoms with Crippen LogP contribution >= 0.6 is 12.4 Å². The Balaban J connectivity index is 0.00000288. The van der Waals surface area contributed by atoms with Crippen LogP contribution in [-0.2, 0) is 11.3 Å². The average Bonchev–Trinajstić information content (AvgIpc) is 2.52. The number of benzene rings is 2. The van der Waals surface area contributed by atoms with Crippen LogP contribution in [0.25, 0.3) is 11.1 Å².